The number of aliphatic carboxylic acids is 1. The predicted octanol–water partition coefficient (Wildman–Crippen LogP) is 2.21. The average molecular weight is 327 g/mol. The third-order valence-electron chi connectivity index (χ3n) is 2.91. The van der Waals surface area contributed by atoms with Crippen LogP contribution in [0.4, 0.5) is 4.79 Å². The fourth-order valence-electron chi connectivity index (χ4n) is 1.78. The van der Waals surface area contributed by atoms with E-state index in [0.717, 1.165) is 22.9 Å². The van der Waals surface area contributed by atoms with Crippen molar-refractivity contribution >= 4 is 27.9 Å². The number of hydrogen-bond donors (Lipinski definition) is 2. The molecule has 1 aliphatic carbocycles. The molecule has 1 saturated carbocycles. The summed E-state index contributed by atoms with van der Waals surface area (Å²) in [5.41, 5.74) is 0.975. The molecular weight excluding hydrogens is 312 g/mol. The molecule has 0 spiro atoms. The first kappa shape index (κ1) is 13.9. The Morgan fingerprint density at radius 1 is 1.32 bits per heavy atom. The molecule has 2 amide bonds. The third-order valence-corrected chi connectivity index (χ3v) is 3.44. The van der Waals surface area contributed by atoms with Crippen molar-refractivity contribution in [2.45, 2.75) is 25.4 Å². The van der Waals surface area contributed by atoms with Crippen molar-refractivity contribution in [2.24, 2.45) is 0 Å². The van der Waals surface area contributed by atoms with Crippen LogP contribution in [0.3, 0.4) is 0 Å². The number of nitrogens with zero attached hydrogens (tertiary/aromatic N) is 1. The zero-order chi connectivity index (χ0) is 13.8. The Morgan fingerprint density at radius 3 is 2.47 bits per heavy atom. The lowest BCUT2D eigenvalue weighted by molar-refractivity contribution is -0.137. The Labute approximate surface area is 119 Å². The lowest BCUT2D eigenvalue weighted by Gasteiger charge is -2.20. The maximum absolute atomic E-state index is 11.9. The van der Waals surface area contributed by atoms with Crippen molar-refractivity contribution in [3.8, 4) is 0 Å². The maximum Gasteiger partial charge on any atom is 0.323 e. The minimum absolute atomic E-state index is 0.0843. The third kappa shape index (κ3) is 4.24. The minimum Gasteiger partial charge on any atom is -0.480 e. The van der Waals surface area contributed by atoms with Gasteiger partial charge in [-0.2, -0.15) is 0 Å². The molecule has 0 bridgehead atoms. The molecule has 1 aliphatic rings. The molecule has 0 heterocycles. The van der Waals surface area contributed by atoms with Gasteiger partial charge in [0.2, 0.25) is 0 Å². The van der Waals surface area contributed by atoms with Gasteiger partial charge in [-0.05, 0) is 30.5 Å². The van der Waals surface area contributed by atoms with E-state index in [9.17, 15) is 9.59 Å². The van der Waals surface area contributed by atoms with Crippen LogP contribution >= 0.6 is 15.9 Å². The molecule has 1 fully saturated rings. The maximum atomic E-state index is 11.9. The Morgan fingerprint density at radius 2 is 1.95 bits per heavy atom. The Balaban J connectivity index is 1.88. The summed E-state index contributed by atoms with van der Waals surface area (Å²) in [6.45, 7) is 0.159. The number of carbonyl (C=O) groups is 2. The molecule has 0 aromatic heterocycles. The second-order valence-electron chi connectivity index (χ2n) is 4.54. The number of rotatable bonds is 5. The number of benzene rings is 1. The van der Waals surface area contributed by atoms with Gasteiger partial charge in [-0.3, -0.25) is 4.79 Å². The summed E-state index contributed by atoms with van der Waals surface area (Å²) < 4.78 is 0.980. The molecule has 0 unspecified atom stereocenters. The van der Waals surface area contributed by atoms with Crippen LogP contribution in [-0.2, 0) is 11.3 Å². The Bertz CT molecular complexity index is 471. The number of carboxylic acids is 1. The van der Waals surface area contributed by atoms with Crippen molar-refractivity contribution in [3.63, 3.8) is 0 Å². The smallest absolute Gasteiger partial charge is 0.323 e. The normalized spacial score (nSPS) is 13.9. The molecule has 6 heteroatoms. The highest BCUT2D eigenvalue weighted by molar-refractivity contribution is 9.10. The van der Waals surface area contributed by atoms with Gasteiger partial charge >= 0.3 is 12.0 Å². The van der Waals surface area contributed by atoms with Crippen molar-refractivity contribution in [2.75, 3.05) is 6.54 Å². The second kappa shape index (κ2) is 6.06. The van der Waals surface area contributed by atoms with Gasteiger partial charge in [-0.15, -0.1) is 0 Å². The minimum atomic E-state index is -0.981. The highest BCUT2D eigenvalue weighted by atomic mass is 79.9. The van der Waals surface area contributed by atoms with Crippen molar-refractivity contribution < 1.29 is 14.7 Å². The monoisotopic (exact) mass is 326 g/mol. The number of urea groups is 1. The van der Waals surface area contributed by atoms with Gasteiger partial charge in [-0.25, -0.2) is 4.79 Å². The van der Waals surface area contributed by atoms with Crippen LogP contribution in [0.2, 0.25) is 0 Å². The topological polar surface area (TPSA) is 69.6 Å². The summed E-state index contributed by atoms with van der Waals surface area (Å²) in [7, 11) is 0. The summed E-state index contributed by atoms with van der Waals surface area (Å²) in [6, 6.07) is 7.38. The summed E-state index contributed by atoms with van der Waals surface area (Å²) in [5.74, 6) is -0.981. The van der Waals surface area contributed by atoms with E-state index in [-0.39, 0.29) is 18.6 Å². The first-order chi connectivity index (χ1) is 9.06. The Kier molecular flexibility index (Phi) is 4.42. The van der Waals surface area contributed by atoms with Crippen LogP contribution in [0, 0.1) is 0 Å². The number of halogens is 1. The van der Waals surface area contributed by atoms with Gasteiger partial charge < -0.3 is 15.3 Å². The van der Waals surface area contributed by atoms with Gasteiger partial charge in [0.05, 0.1) is 0 Å². The summed E-state index contributed by atoms with van der Waals surface area (Å²) >= 11 is 3.34. The molecule has 2 N–H and O–H groups in total. The van der Waals surface area contributed by atoms with E-state index in [0.29, 0.717) is 6.54 Å². The van der Waals surface area contributed by atoms with E-state index in [2.05, 4.69) is 21.2 Å². The molecule has 1 aromatic carbocycles. The molecule has 0 atom stereocenters. The van der Waals surface area contributed by atoms with Gasteiger partial charge in [0.15, 0.2) is 0 Å². The van der Waals surface area contributed by atoms with Crippen LogP contribution in [0.5, 0.6) is 0 Å². The van der Waals surface area contributed by atoms with Crippen LogP contribution < -0.4 is 5.32 Å². The summed E-state index contributed by atoms with van der Waals surface area (Å²) in [4.78, 5) is 24.1. The second-order valence-corrected chi connectivity index (χ2v) is 5.45. The van der Waals surface area contributed by atoms with Crippen molar-refractivity contribution in [3.05, 3.63) is 34.3 Å². The number of carboxylic acid groups (broad SMARTS) is 1. The molecular formula is C13H15BrN2O3. The van der Waals surface area contributed by atoms with E-state index in [1.54, 1.807) is 0 Å². The van der Waals surface area contributed by atoms with E-state index in [1.165, 1.54) is 4.90 Å². The molecule has 5 nitrogen and oxygen atoms in total. The first-order valence-corrected chi connectivity index (χ1v) is 6.86. The molecule has 2 rings (SSSR count). The summed E-state index contributed by atoms with van der Waals surface area (Å²) in [5, 5.41) is 11.6. The molecule has 102 valence electrons. The van der Waals surface area contributed by atoms with Crippen molar-refractivity contribution in [1.82, 2.24) is 10.2 Å². The summed E-state index contributed by atoms with van der Waals surface area (Å²) in [6.07, 6.45) is 1.78. The first-order valence-electron chi connectivity index (χ1n) is 6.07. The van der Waals surface area contributed by atoms with Crippen LogP contribution in [-0.4, -0.2) is 34.6 Å². The lowest BCUT2D eigenvalue weighted by Crippen LogP contribution is -2.43. The van der Waals surface area contributed by atoms with Crippen molar-refractivity contribution in [1.29, 1.82) is 0 Å². The zero-order valence-electron chi connectivity index (χ0n) is 10.3. The molecule has 19 heavy (non-hydrogen) atoms. The molecule has 0 saturated heterocycles. The van der Waals surface area contributed by atoms with Gasteiger partial charge in [0, 0.05) is 17.1 Å². The average Bonchev–Trinajstić information content (AvgIpc) is 3.19. The van der Waals surface area contributed by atoms with Crippen LogP contribution in [0.15, 0.2) is 28.7 Å². The number of nitrogens with one attached hydrogen (secondary N) is 1. The van der Waals surface area contributed by atoms with Gasteiger partial charge in [-0.1, -0.05) is 28.1 Å². The van der Waals surface area contributed by atoms with E-state index < -0.39 is 5.97 Å². The molecule has 1 aromatic rings. The molecule has 0 aliphatic heterocycles. The van der Waals surface area contributed by atoms with E-state index >= 15 is 0 Å². The number of amides is 2. The Hall–Kier alpha value is -1.56. The van der Waals surface area contributed by atoms with Crippen LogP contribution in [0.1, 0.15) is 18.4 Å². The van der Waals surface area contributed by atoms with Gasteiger partial charge in [0.25, 0.3) is 0 Å². The fraction of sp³-hybridized carbons (Fsp3) is 0.385. The quantitative estimate of drug-likeness (QED) is 0.871. The lowest BCUT2D eigenvalue weighted by atomic mass is 10.2. The standard InChI is InChI=1S/C13H15BrN2O3/c14-10-3-1-9(2-4-10)7-15-13(19)16(8-12(17)18)11-5-6-11/h1-4,11H,5-8H2,(H,15,19)(H,17,18). The predicted molar refractivity (Wildman–Crippen MR) is 73.7 cm³/mol. The van der Waals surface area contributed by atoms with Crippen LogP contribution in [0.25, 0.3) is 0 Å². The number of carbonyl (C=O) groups excluding carboxylic acids is 1. The van der Waals surface area contributed by atoms with Gasteiger partial charge in [0.1, 0.15) is 6.54 Å². The fourth-order valence-corrected chi connectivity index (χ4v) is 2.04. The zero-order valence-corrected chi connectivity index (χ0v) is 11.9. The number of hydrogen-bond acceptors (Lipinski definition) is 2. The largest absolute Gasteiger partial charge is 0.480 e. The highest BCUT2D eigenvalue weighted by Gasteiger charge is 2.33. The highest BCUT2D eigenvalue weighted by Crippen LogP contribution is 2.26. The van der Waals surface area contributed by atoms with E-state index in [1.807, 2.05) is 24.3 Å². The van der Waals surface area contributed by atoms with E-state index in [4.69, 9.17) is 5.11 Å². The SMILES string of the molecule is O=C(O)CN(C(=O)NCc1ccc(Br)cc1)C1CC1. The molecule has 0 radical (unpaired) electrons.